The highest BCUT2D eigenvalue weighted by atomic mass is 32.2. The Labute approximate surface area is 126 Å². The molecule has 1 unspecified atom stereocenters. The van der Waals surface area contributed by atoms with Crippen LogP contribution in [-0.2, 0) is 0 Å². The van der Waals surface area contributed by atoms with Crippen molar-refractivity contribution >= 4 is 22.7 Å². The molecule has 0 fully saturated rings. The zero-order chi connectivity index (χ0) is 14.4. The molecule has 108 valence electrons. The molecule has 3 heteroatoms. The second-order valence-corrected chi connectivity index (χ2v) is 6.92. The van der Waals surface area contributed by atoms with Gasteiger partial charge in [-0.25, -0.2) is 0 Å². The van der Waals surface area contributed by atoms with E-state index < -0.39 is 0 Å². The molecule has 1 N–H and O–H groups in total. The molecule has 20 heavy (non-hydrogen) atoms. The fourth-order valence-electron chi connectivity index (χ4n) is 2.30. The van der Waals surface area contributed by atoms with Crippen molar-refractivity contribution in [1.29, 1.82) is 0 Å². The van der Waals surface area contributed by atoms with Crippen molar-refractivity contribution in [3.05, 3.63) is 42.1 Å². The highest BCUT2D eigenvalue weighted by Crippen LogP contribution is 2.27. The van der Waals surface area contributed by atoms with E-state index in [0.717, 1.165) is 24.2 Å². The van der Waals surface area contributed by atoms with Gasteiger partial charge in [-0.2, -0.15) is 11.8 Å². The molecular weight excluding hydrogens is 264 g/mol. The van der Waals surface area contributed by atoms with E-state index in [1.807, 2.05) is 24.0 Å². The molecule has 1 aromatic carbocycles. The van der Waals surface area contributed by atoms with Crippen LogP contribution in [0.3, 0.4) is 0 Å². The number of nitrogens with zero attached hydrogens (tertiary/aromatic N) is 1. The summed E-state index contributed by atoms with van der Waals surface area (Å²) < 4.78 is 0. The predicted octanol–water partition coefficient (Wildman–Crippen LogP) is 4.42. The fourth-order valence-corrected chi connectivity index (χ4v) is 3.17. The molecule has 0 aliphatic carbocycles. The first-order valence-electron chi connectivity index (χ1n) is 7.41. The van der Waals surface area contributed by atoms with Gasteiger partial charge < -0.3 is 5.32 Å². The predicted molar refractivity (Wildman–Crippen MR) is 90.4 cm³/mol. The monoisotopic (exact) mass is 288 g/mol. The smallest absolute Gasteiger partial charge is 0.0705 e. The van der Waals surface area contributed by atoms with E-state index in [1.54, 1.807) is 0 Å². The Morgan fingerprint density at radius 2 is 2.05 bits per heavy atom. The van der Waals surface area contributed by atoms with Gasteiger partial charge >= 0.3 is 0 Å². The number of fused-ring (bicyclic) bond motifs is 1. The van der Waals surface area contributed by atoms with Crippen LogP contribution in [0.15, 0.2) is 36.5 Å². The summed E-state index contributed by atoms with van der Waals surface area (Å²) in [6.45, 7) is 7.78. The van der Waals surface area contributed by atoms with Crippen molar-refractivity contribution in [2.24, 2.45) is 0 Å². The van der Waals surface area contributed by atoms with Crippen LogP contribution in [0.4, 0.5) is 0 Å². The fraction of sp³-hybridized carbons (Fsp3) is 0.471. The third-order valence-corrected chi connectivity index (χ3v) is 4.48. The Morgan fingerprint density at radius 3 is 2.80 bits per heavy atom. The normalized spacial score (nSPS) is 13.0. The van der Waals surface area contributed by atoms with E-state index in [9.17, 15) is 0 Å². The summed E-state index contributed by atoms with van der Waals surface area (Å²) in [5.41, 5.74) is 2.46. The highest BCUT2D eigenvalue weighted by molar-refractivity contribution is 7.99. The molecular formula is C17H24N2S. The molecule has 2 rings (SSSR count). The van der Waals surface area contributed by atoms with Crippen molar-refractivity contribution in [1.82, 2.24) is 10.3 Å². The summed E-state index contributed by atoms with van der Waals surface area (Å²) in [6.07, 6.45) is 3.02. The first-order chi connectivity index (χ1) is 9.72. The van der Waals surface area contributed by atoms with E-state index >= 15 is 0 Å². The first-order valence-corrected chi connectivity index (χ1v) is 8.46. The third-order valence-electron chi connectivity index (χ3n) is 3.29. The lowest BCUT2D eigenvalue weighted by Gasteiger charge is -2.21. The van der Waals surface area contributed by atoms with Crippen LogP contribution in [0.25, 0.3) is 10.9 Å². The number of hydrogen-bond donors (Lipinski definition) is 1. The molecule has 0 aliphatic heterocycles. The Morgan fingerprint density at radius 1 is 1.20 bits per heavy atom. The minimum atomic E-state index is 0.398. The van der Waals surface area contributed by atoms with Gasteiger partial charge in [0.2, 0.25) is 0 Å². The van der Waals surface area contributed by atoms with Gasteiger partial charge in [0, 0.05) is 23.4 Å². The Kier molecular flexibility index (Phi) is 5.86. The third kappa shape index (κ3) is 3.97. The lowest BCUT2D eigenvalue weighted by atomic mass is 10.0. The maximum absolute atomic E-state index is 4.47. The minimum absolute atomic E-state index is 0.398. The molecule has 1 aromatic heterocycles. The average molecular weight is 288 g/mol. The molecule has 0 saturated carbocycles. The lowest BCUT2D eigenvalue weighted by molar-refractivity contribution is 0.580. The highest BCUT2D eigenvalue weighted by Gasteiger charge is 2.14. The number of pyridine rings is 1. The summed E-state index contributed by atoms with van der Waals surface area (Å²) >= 11 is 2.01. The molecule has 2 aromatic rings. The van der Waals surface area contributed by atoms with E-state index in [2.05, 4.69) is 55.3 Å². The summed E-state index contributed by atoms with van der Waals surface area (Å²) in [6, 6.07) is 11.0. The minimum Gasteiger partial charge on any atom is -0.309 e. The van der Waals surface area contributed by atoms with Gasteiger partial charge in [0.15, 0.2) is 0 Å². The van der Waals surface area contributed by atoms with E-state index in [1.165, 1.54) is 10.9 Å². The van der Waals surface area contributed by atoms with Gasteiger partial charge in [-0.3, -0.25) is 4.98 Å². The number of rotatable bonds is 7. The largest absolute Gasteiger partial charge is 0.309 e. The first kappa shape index (κ1) is 15.3. The average Bonchev–Trinajstić information content (AvgIpc) is 2.47. The van der Waals surface area contributed by atoms with Gasteiger partial charge in [-0.15, -0.1) is 0 Å². The summed E-state index contributed by atoms with van der Waals surface area (Å²) in [5.74, 6) is 1.10. The lowest BCUT2D eigenvalue weighted by Crippen LogP contribution is -2.25. The number of hydrogen-bond acceptors (Lipinski definition) is 3. The second kappa shape index (κ2) is 7.65. The van der Waals surface area contributed by atoms with Crippen molar-refractivity contribution in [3.8, 4) is 0 Å². The van der Waals surface area contributed by atoms with Crippen molar-refractivity contribution in [3.63, 3.8) is 0 Å². The summed E-state index contributed by atoms with van der Waals surface area (Å²) in [4.78, 5) is 4.47. The topological polar surface area (TPSA) is 24.9 Å². The molecule has 1 atom stereocenters. The zero-order valence-electron chi connectivity index (χ0n) is 12.6. The number of thioether (sulfide) groups is 1. The van der Waals surface area contributed by atoms with Crippen molar-refractivity contribution < 1.29 is 0 Å². The van der Waals surface area contributed by atoms with Crippen LogP contribution in [-0.4, -0.2) is 22.5 Å². The summed E-state index contributed by atoms with van der Waals surface area (Å²) in [7, 11) is 0. The van der Waals surface area contributed by atoms with E-state index in [-0.39, 0.29) is 0 Å². The molecule has 0 spiro atoms. The number of nitrogens with one attached hydrogen (secondary N) is 1. The Bertz CT molecular complexity index is 534. The quantitative estimate of drug-likeness (QED) is 0.816. The van der Waals surface area contributed by atoms with Crippen LogP contribution in [0, 0.1) is 0 Å². The van der Waals surface area contributed by atoms with Gasteiger partial charge in [-0.05, 0) is 35.9 Å². The Balaban J connectivity index is 2.29. The van der Waals surface area contributed by atoms with Gasteiger partial charge in [-0.1, -0.05) is 39.0 Å². The molecule has 0 radical (unpaired) electrons. The zero-order valence-corrected chi connectivity index (χ0v) is 13.4. The van der Waals surface area contributed by atoms with Crippen LogP contribution < -0.4 is 5.32 Å². The van der Waals surface area contributed by atoms with Gasteiger partial charge in [0.05, 0.1) is 5.52 Å². The molecule has 0 aliphatic rings. The van der Waals surface area contributed by atoms with Gasteiger partial charge in [0.1, 0.15) is 0 Å². The van der Waals surface area contributed by atoms with Crippen LogP contribution in [0.1, 0.15) is 38.8 Å². The second-order valence-electron chi connectivity index (χ2n) is 5.31. The number of benzene rings is 1. The molecule has 1 heterocycles. The Hall–Kier alpha value is -1.06. The van der Waals surface area contributed by atoms with Crippen LogP contribution in [0.2, 0.25) is 0 Å². The number of aromatic nitrogens is 1. The maximum Gasteiger partial charge on any atom is 0.0705 e. The summed E-state index contributed by atoms with van der Waals surface area (Å²) in [5, 5.41) is 5.62. The maximum atomic E-state index is 4.47. The van der Waals surface area contributed by atoms with Crippen molar-refractivity contribution in [2.75, 3.05) is 12.3 Å². The van der Waals surface area contributed by atoms with Crippen LogP contribution in [0.5, 0.6) is 0 Å². The SMILES string of the molecule is CCCNC(CSC(C)C)c1cccc2ncccc12. The molecule has 0 amide bonds. The molecule has 2 nitrogen and oxygen atoms in total. The molecule has 0 bridgehead atoms. The van der Waals surface area contributed by atoms with Gasteiger partial charge in [0.25, 0.3) is 0 Å². The van der Waals surface area contributed by atoms with E-state index in [4.69, 9.17) is 0 Å². The van der Waals surface area contributed by atoms with E-state index in [0.29, 0.717) is 11.3 Å². The van der Waals surface area contributed by atoms with Crippen molar-refractivity contribution in [2.45, 2.75) is 38.5 Å². The standard InChI is InChI=1S/C17H24N2S/c1-4-10-18-17(12-20-13(2)3)15-7-5-9-16-14(15)8-6-11-19-16/h5-9,11,13,17-18H,4,10,12H2,1-3H3. The molecule has 0 saturated heterocycles. The van der Waals surface area contributed by atoms with Crippen LogP contribution >= 0.6 is 11.8 Å².